The number of aromatic carboxylic acids is 1. The molecule has 1 aromatic heterocycles. The standard InChI is InChI=1S/C17H17FN2O6S/c1-11-2-3-12(18)10-13(11)16(21)19-6-8-20(9-7-19)27(24,25)15-5-4-14(26-15)17(22)23/h2-5,10H,6-9H2,1H3,(H,22,23). The van der Waals surface area contributed by atoms with Crippen LogP contribution < -0.4 is 0 Å². The van der Waals surface area contributed by atoms with Gasteiger partial charge in [0.25, 0.3) is 15.9 Å². The van der Waals surface area contributed by atoms with E-state index < -0.39 is 32.7 Å². The van der Waals surface area contributed by atoms with Gasteiger partial charge in [-0.15, -0.1) is 0 Å². The molecule has 1 aliphatic rings. The molecule has 2 heterocycles. The van der Waals surface area contributed by atoms with Crippen molar-refractivity contribution in [3.63, 3.8) is 0 Å². The molecule has 0 radical (unpaired) electrons. The van der Waals surface area contributed by atoms with Gasteiger partial charge in [-0.2, -0.15) is 4.31 Å². The molecule has 0 spiro atoms. The summed E-state index contributed by atoms with van der Waals surface area (Å²) in [5, 5.41) is 8.39. The number of carboxylic acids is 1. The maximum absolute atomic E-state index is 13.4. The van der Waals surface area contributed by atoms with E-state index in [1.54, 1.807) is 6.92 Å². The van der Waals surface area contributed by atoms with Crippen molar-refractivity contribution in [3.05, 3.63) is 53.0 Å². The van der Waals surface area contributed by atoms with Crippen LogP contribution in [0, 0.1) is 12.7 Å². The zero-order valence-electron chi connectivity index (χ0n) is 14.4. The Morgan fingerprint density at radius 3 is 2.37 bits per heavy atom. The van der Waals surface area contributed by atoms with Crippen molar-refractivity contribution in [3.8, 4) is 0 Å². The Morgan fingerprint density at radius 1 is 1.11 bits per heavy atom. The lowest BCUT2D eigenvalue weighted by molar-refractivity contribution is 0.0651. The van der Waals surface area contributed by atoms with Gasteiger partial charge in [0.1, 0.15) is 5.82 Å². The highest BCUT2D eigenvalue weighted by Crippen LogP contribution is 2.21. The highest BCUT2D eigenvalue weighted by molar-refractivity contribution is 7.89. The number of furan rings is 1. The van der Waals surface area contributed by atoms with Crippen molar-refractivity contribution in [2.24, 2.45) is 0 Å². The zero-order chi connectivity index (χ0) is 19.8. The molecule has 8 nitrogen and oxygen atoms in total. The van der Waals surface area contributed by atoms with E-state index in [4.69, 9.17) is 9.52 Å². The van der Waals surface area contributed by atoms with Crippen LogP contribution in [0.1, 0.15) is 26.5 Å². The average molecular weight is 396 g/mol. The highest BCUT2D eigenvalue weighted by atomic mass is 32.2. The van der Waals surface area contributed by atoms with Gasteiger partial charge in [0, 0.05) is 31.7 Å². The number of carbonyl (C=O) groups excluding carboxylic acids is 1. The molecule has 1 aromatic carbocycles. The quantitative estimate of drug-likeness (QED) is 0.841. The Morgan fingerprint density at radius 2 is 1.78 bits per heavy atom. The fraction of sp³-hybridized carbons (Fsp3) is 0.294. The van der Waals surface area contributed by atoms with Gasteiger partial charge in [-0.05, 0) is 36.8 Å². The van der Waals surface area contributed by atoms with E-state index in [-0.39, 0.29) is 37.6 Å². The minimum atomic E-state index is -4.00. The van der Waals surface area contributed by atoms with Gasteiger partial charge in [-0.3, -0.25) is 4.79 Å². The molecule has 27 heavy (non-hydrogen) atoms. The smallest absolute Gasteiger partial charge is 0.371 e. The largest absolute Gasteiger partial charge is 0.475 e. The number of carboxylic acid groups (broad SMARTS) is 1. The predicted molar refractivity (Wildman–Crippen MR) is 91.5 cm³/mol. The van der Waals surface area contributed by atoms with E-state index in [0.29, 0.717) is 5.56 Å². The second kappa shape index (κ2) is 7.12. The van der Waals surface area contributed by atoms with Gasteiger partial charge in [0.15, 0.2) is 0 Å². The highest BCUT2D eigenvalue weighted by Gasteiger charge is 2.33. The molecule has 3 rings (SSSR count). The summed E-state index contributed by atoms with van der Waals surface area (Å²) in [4.78, 5) is 24.9. The maximum Gasteiger partial charge on any atom is 0.371 e. The first-order chi connectivity index (χ1) is 12.7. The SMILES string of the molecule is Cc1ccc(F)cc1C(=O)N1CCN(S(=O)(=O)c2ccc(C(=O)O)o2)CC1. The summed E-state index contributed by atoms with van der Waals surface area (Å²) >= 11 is 0. The number of hydrogen-bond acceptors (Lipinski definition) is 5. The lowest BCUT2D eigenvalue weighted by atomic mass is 10.1. The Balaban J connectivity index is 1.71. The van der Waals surface area contributed by atoms with Crippen LogP contribution in [0.25, 0.3) is 0 Å². The molecule has 0 atom stereocenters. The maximum atomic E-state index is 13.4. The van der Waals surface area contributed by atoms with Crippen LogP contribution in [-0.2, 0) is 10.0 Å². The summed E-state index contributed by atoms with van der Waals surface area (Å²) in [7, 11) is -4.00. The molecule has 1 aliphatic heterocycles. The van der Waals surface area contributed by atoms with Gasteiger partial charge in [-0.1, -0.05) is 6.07 Å². The lowest BCUT2D eigenvalue weighted by Crippen LogP contribution is -2.50. The average Bonchev–Trinajstić information content (AvgIpc) is 3.14. The minimum absolute atomic E-state index is 0.0194. The van der Waals surface area contributed by atoms with Crippen molar-refractivity contribution in [2.45, 2.75) is 12.0 Å². The summed E-state index contributed by atoms with van der Waals surface area (Å²) in [6.07, 6.45) is 0. The topological polar surface area (TPSA) is 108 Å². The van der Waals surface area contributed by atoms with Gasteiger partial charge < -0.3 is 14.4 Å². The summed E-state index contributed by atoms with van der Waals surface area (Å²) in [5.41, 5.74) is 0.872. The summed E-state index contributed by atoms with van der Waals surface area (Å²) < 4.78 is 44.5. The summed E-state index contributed by atoms with van der Waals surface area (Å²) in [6.45, 7) is 1.99. The predicted octanol–water partition coefficient (Wildman–Crippen LogP) is 1.57. The van der Waals surface area contributed by atoms with E-state index in [9.17, 15) is 22.4 Å². The molecule has 0 saturated carbocycles. The van der Waals surface area contributed by atoms with Gasteiger partial charge in [0.2, 0.25) is 10.9 Å². The van der Waals surface area contributed by atoms with Gasteiger partial charge in [0.05, 0.1) is 0 Å². The number of halogens is 1. The molecule has 144 valence electrons. The van der Waals surface area contributed by atoms with Crippen molar-refractivity contribution < 1.29 is 31.9 Å². The molecule has 1 saturated heterocycles. The van der Waals surface area contributed by atoms with E-state index in [1.165, 1.54) is 17.0 Å². The van der Waals surface area contributed by atoms with Crippen molar-refractivity contribution in [1.29, 1.82) is 0 Å². The van der Waals surface area contributed by atoms with E-state index in [0.717, 1.165) is 22.5 Å². The summed E-state index contributed by atoms with van der Waals surface area (Å²) in [6, 6.07) is 6.11. The molecular weight excluding hydrogens is 379 g/mol. The van der Waals surface area contributed by atoms with E-state index in [1.807, 2.05) is 0 Å². The number of piperazine rings is 1. The number of hydrogen-bond donors (Lipinski definition) is 1. The monoisotopic (exact) mass is 396 g/mol. The molecule has 1 amide bonds. The van der Waals surface area contributed by atoms with Crippen LogP contribution in [-0.4, -0.2) is 60.8 Å². The van der Waals surface area contributed by atoms with Crippen LogP contribution >= 0.6 is 0 Å². The second-order valence-corrected chi connectivity index (χ2v) is 7.95. The van der Waals surface area contributed by atoms with Crippen LogP contribution in [0.3, 0.4) is 0 Å². The van der Waals surface area contributed by atoms with Crippen molar-refractivity contribution in [2.75, 3.05) is 26.2 Å². The van der Waals surface area contributed by atoms with E-state index in [2.05, 4.69) is 0 Å². The van der Waals surface area contributed by atoms with Crippen LogP contribution in [0.4, 0.5) is 4.39 Å². The molecule has 0 unspecified atom stereocenters. The normalized spacial score (nSPS) is 15.7. The third kappa shape index (κ3) is 3.71. The first-order valence-corrected chi connectivity index (χ1v) is 9.53. The molecule has 0 bridgehead atoms. The fourth-order valence-corrected chi connectivity index (χ4v) is 4.16. The van der Waals surface area contributed by atoms with Gasteiger partial charge >= 0.3 is 5.97 Å². The second-order valence-electron chi connectivity index (χ2n) is 6.08. The molecular formula is C17H17FN2O6S. The fourth-order valence-electron chi connectivity index (χ4n) is 2.83. The number of nitrogens with zero attached hydrogens (tertiary/aromatic N) is 2. The van der Waals surface area contributed by atoms with Crippen LogP contribution in [0.5, 0.6) is 0 Å². The first kappa shape index (κ1) is 19.1. The van der Waals surface area contributed by atoms with Crippen LogP contribution in [0.2, 0.25) is 0 Å². The molecule has 10 heteroatoms. The third-order valence-corrected chi connectivity index (χ3v) is 6.12. The number of aryl methyl sites for hydroxylation is 1. The Labute approximate surface area is 154 Å². The molecule has 0 aliphatic carbocycles. The number of amides is 1. The third-order valence-electron chi connectivity index (χ3n) is 4.34. The number of sulfonamides is 1. The van der Waals surface area contributed by atoms with Gasteiger partial charge in [-0.25, -0.2) is 17.6 Å². The first-order valence-electron chi connectivity index (χ1n) is 8.09. The van der Waals surface area contributed by atoms with E-state index >= 15 is 0 Å². The minimum Gasteiger partial charge on any atom is -0.475 e. The Bertz CT molecular complexity index is 993. The number of rotatable bonds is 4. The Kier molecular flexibility index (Phi) is 5.03. The van der Waals surface area contributed by atoms with Crippen molar-refractivity contribution in [1.82, 2.24) is 9.21 Å². The van der Waals surface area contributed by atoms with Crippen molar-refractivity contribution >= 4 is 21.9 Å². The number of benzene rings is 1. The zero-order valence-corrected chi connectivity index (χ0v) is 15.2. The molecule has 1 fully saturated rings. The van der Waals surface area contributed by atoms with Crippen LogP contribution in [0.15, 0.2) is 39.8 Å². The molecule has 2 aromatic rings. The Hall–Kier alpha value is -2.72. The molecule has 1 N–H and O–H groups in total. The number of carbonyl (C=O) groups is 2. The lowest BCUT2D eigenvalue weighted by Gasteiger charge is -2.33. The summed E-state index contributed by atoms with van der Waals surface area (Å²) in [5.74, 6) is -2.71.